The van der Waals surface area contributed by atoms with Crippen molar-refractivity contribution in [1.82, 2.24) is 0 Å². The zero-order valence-electron chi connectivity index (χ0n) is 29.7. The summed E-state index contributed by atoms with van der Waals surface area (Å²) < 4.78 is 70.3. The first-order valence-corrected chi connectivity index (χ1v) is 17.5. The molecule has 0 fully saturated rings. The molecular formula is C34H66O14. The van der Waals surface area contributed by atoms with Gasteiger partial charge >= 0.3 is 5.97 Å². The normalized spacial score (nSPS) is 11.4. The molecule has 0 bridgehead atoms. The van der Waals surface area contributed by atoms with Crippen LogP contribution in [0.2, 0.25) is 0 Å². The standard InChI is InChI=1S/C34H66O14/c1-3-5-6-7-8-9-36-10-11-37-12-13-38-14-15-39-16-17-40-18-19-41-20-21-42-22-23-43-24-25-44-26-27-45-28-29-46-30-31-47-32-33-48-34(35)4-2/h4H,2-3,5-33H2,1H3. The number of carbonyl (C=O) groups is 1. The van der Waals surface area contributed by atoms with Crippen molar-refractivity contribution in [3.05, 3.63) is 12.7 Å². The third-order valence-corrected chi connectivity index (χ3v) is 6.12. The fourth-order valence-corrected chi connectivity index (χ4v) is 3.59. The second-order valence-electron chi connectivity index (χ2n) is 10.1. The monoisotopic (exact) mass is 698 g/mol. The number of hydrogen-bond acceptors (Lipinski definition) is 14. The van der Waals surface area contributed by atoms with Crippen LogP contribution in [0.1, 0.15) is 39.0 Å². The van der Waals surface area contributed by atoms with Gasteiger partial charge in [0.05, 0.1) is 152 Å². The van der Waals surface area contributed by atoms with Gasteiger partial charge in [-0.1, -0.05) is 39.2 Å². The van der Waals surface area contributed by atoms with E-state index in [1.807, 2.05) is 0 Å². The molecule has 0 rings (SSSR count). The summed E-state index contributed by atoms with van der Waals surface area (Å²) in [7, 11) is 0. The lowest BCUT2D eigenvalue weighted by atomic mass is 10.2. The van der Waals surface area contributed by atoms with Gasteiger partial charge < -0.3 is 61.6 Å². The molecule has 0 radical (unpaired) electrons. The third-order valence-electron chi connectivity index (χ3n) is 6.12. The van der Waals surface area contributed by atoms with Gasteiger partial charge in [0.1, 0.15) is 6.61 Å². The van der Waals surface area contributed by atoms with Gasteiger partial charge in [-0.3, -0.25) is 0 Å². The van der Waals surface area contributed by atoms with Crippen molar-refractivity contribution in [2.45, 2.75) is 39.0 Å². The zero-order valence-corrected chi connectivity index (χ0v) is 29.7. The van der Waals surface area contributed by atoms with Gasteiger partial charge in [-0.25, -0.2) is 4.79 Å². The highest BCUT2D eigenvalue weighted by atomic mass is 16.6. The number of unbranched alkanes of at least 4 members (excludes halogenated alkanes) is 4. The molecule has 0 aliphatic rings. The van der Waals surface area contributed by atoms with Gasteiger partial charge in [0, 0.05) is 12.7 Å². The second-order valence-corrected chi connectivity index (χ2v) is 10.1. The van der Waals surface area contributed by atoms with Crippen LogP contribution in [0.4, 0.5) is 0 Å². The van der Waals surface area contributed by atoms with E-state index in [-0.39, 0.29) is 6.61 Å². The van der Waals surface area contributed by atoms with Gasteiger partial charge in [0.15, 0.2) is 0 Å². The molecule has 0 N–H and O–H groups in total. The Morgan fingerprint density at radius 3 is 0.833 bits per heavy atom. The molecule has 286 valence electrons. The maximum Gasteiger partial charge on any atom is 0.330 e. The van der Waals surface area contributed by atoms with E-state index in [0.29, 0.717) is 152 Å². The Morgan fingerprint density at radius 2 is 0.583 bits per heavy atom. The molecule has 0 heterocycles. The highest BCUT2D eigenvalue weighted by molar-refractivity contribution is 5.81. The number of esters is 1. The van der Waals surface area contributed by atoms with Gasteiger partial charge in [-0.2, -0.15) is 0 Å². The topological polar surface area (TPSA) is 137 Å². The lowest BCUT2D eigenvalue weighted by Gasteiger charge is -2.09. The van der Waals surface area contributed by atoms with Crippen LogP contribution < -0.4 is 0 Å². The Hall–Kier alpha value is -1.27. The summed E-state index contributed by atoms with van der Waals surface area (Å²) in [4.78, 5) is 10.8. The molecule has 48 heavy (non-hydrogen) atoms. The first kappa shape index (κ1) is 46.7. The van der Waals surface area contributed by atoms with E-state index in [1.54, 1.807) is 0 Å². The smallest absolute Gasteiger partial charge is 0.330 e. The molecule has 0 aliphatic carbocycles. The van der Waals surface area contributed by atoms with E-state index in [2.05, 4.69) is 13.5 Å². The van der Waals surface area contributed by atoms with E-state index >= 15 is 0 Å². The van der Waals surface area contributed by atoms with Crippen LogP contribution in [0.15, 0.2) is 12.7 Å². The minimum absolute atomic E-state index is 0.198. The maximum absolute atomic E-state index is 10.8. The maximum atomic E-state index is 10.8. The lowest BCUT2D eigenvalue weighted by molar-refractivity contribution is -0.139. The lowest BCUT2D eigenvalue weighted by Crippen LogP contribution is -2.15. The molecule has 14 heteroatoms. The average Bonchev–Trinajstić information content (AvgIpc) is 3.10. The van der Waals surface area contributed by atoms with Gasteiger partial charge in [-0.05, 0) is 6.42 Å². The van der Waals surface area contributed by atoms with Crippen LogP contribution in [0.3, 0.4) is 0 Å². The number of carbonyl (C=O) groups excluding carboxylic acids is 1. The van der Waals surface area contributed by atoms with E-state index in [9.17, 15) is 4.79 Å². The minimum atomic E-state index is -0.459. The minimum Gasteiger partial charge on any atom is -0.460 e. The molecule has 0 aliphatic heterocycles. The summed E-state index contributed by atoms with van der Waals surface area (Å²) in [5.41, 5.74) is 0. The predicted molar refractivity (Wildman–Crippen MR) is 180 cm³/mol. The summed E-state index contributed by atoms with van der Waals surface area (Å²) in [6.07, 6.45) is 7.38. The average molecular weight is 699 g/mol. The van der Waals surface area contributed by atoms with E-state index < -0.39 is 5.97 Å². The predicted octanol–water partition coefficient (Wildman–Crippen LogP) is 2.89. The SMILES string of the molecule is C=CC(=O)OCCOCCOCCOCCOCCOCCOCCOCCOCCOCCOCCOCCOCCCCCCC. The Bertz CT molecular complexity index is 629. The van der Waals surface area contributed by atoms with Crippen LogP contribution in [-0.4, -0.2) is 171 Å². The Kier molecular flexibility index (Phi) is 42.6. The molecule has 0 aromatic heterocycles. The van der Waals surface area contributed by atoms with Gasteiger partial charge in [0.2, 0.25) is 0 Å². The quantitative estimate of drug-likeness (QED) is 0.0524. The van der Waals surface area contributed by atoms with Crippen LogP contribution in [0.25, 0.3) is 0 Å². The summed E-state index contributed by atoms with van der Waals surface area (Å²) in [5, 5.41) is 0. The van der Waals surface area contributed by atoms with Crippen LogP contribution in [-0.2, 0) is 66.4 Å². The zero-order chi connectivity index (χ0) is 34.7. The molecule has 14 nitrogen and oxygen atoms in total. The Labute approximate surface area is 289 Å². The number of hydrogen-bond donors (Lipinski definition) is 0. The summed E-state index contributed by atoms with van der Waals surface area (Å²) in [6, 6.07) is 0. The molecule has 0 aromatic carbocycles. The van der Waals surface area contributed by atoms with Crippen LogP contribution >= 0.6 is 0 Å². The van der Waals surface area contributed by atoms with Crippen LogP contribution in [0, 0.1) is 0 Å². The first-order chi connectivity index (χ1) is 23.8. The summed E-state index contributed by atoms with van der Waals surface area (Å²) in [6.45, 7) is 18.1. The Balaban J connectivity index is 3.05. The molecule has 0 aromatic rings. The molecular weight excluding hydrogens is 632 g/mol. The summed E-state index contributed by atoms with van der Waals surface area (Å²) in [5.74, 6) is -0.459. The van der Waals surface area contributed by atoms with Gasteiger partial charge in [0.25, 0.3) is 0 Å². The van der Waals surface area contributed by atoms with E-state index in [1.165, 1.54) is 25.7 Å². The van der Waals surface area contributed by atoms with Crippen molar-refractivity contribution in [3.8, 4) is 0 Å². The molecule has 0 saturated heterocycles. The Morgan fingerprint density at radius 1 is 0.354 bits per heavy atom. The summed E-state index contributed by atoms with van der Waals surface area (Å²) >= 11 is 0. The molecule has 0 amide bonds. The third kappa shape index (κ3) is 42.8. The van der Waals surface area contributed by atoms with Crippen molar-refractivity contribution >= 4 is 5.97 Å². The number of ether oxygens (including phenoxy) is 13. The van der Waals surface area contributed by atoms with Crippen molar-refractivity contribution in [2.24, 2.45) is 0 Å². The van der Waals surface area contributed by atoms with Crippen LogP contribution in [0.5, 0.6) is 0 Å². The molecule has 0 unspecified atom stereocenters. The van der Waals surface area contributed by atoms with E-state index in [4.69, 9.17) is 61.6 Å². The van der Waals surface area contributed by atoms with Crippen molar-refractivity contribution in [1.29, 1.82) is 0 Å². The van der Waals surface area contributed by atoms with Gasteiger partial charge in [-0.15, -0.1) is 0 Å². The van der Waals surface area contributed by atoms with E-state index in [0.717, 1.165) is 19.1 Å². The molecule has 0 saturated carbocycles. The van der Waals surface area contributed by atoms with Crippen molar-refractivity contribution in [3.63, 3.8) is 0 Å². The van der Waals surface area contributed by atoms with Crippen molar-refractivity contribution in [2.75, 3.05) is 165 Å². The number of rotatable bonds is 43. The fraction of sp³-hybridized carbons (Fsp3) is 0.912. The highest BCUT2D eigenvalue weighted by Crippen LogP contribution is 2.02. The fourth-order valence-electron chi connectivity index (χ4n) is 3.59. The largest absolute Gasteiger partial charge is 0.460 e. The second kappa shape index (κ2) is 43.8. The first-order valence-electron chi connectivity index (χ1n) is 17.5. The molecule has 0 spiro atoms. The molecule has 0 atom stereocenters. The van der Waals surface area contributed by atoms with Crippen molar-refractivity contribution < 1.29 is 66.4 Å². The highest BCUT2D eigenvalue weighted by Gasteiger charge is 1.98.